The first kappa shape index (κ1) is 29.8. The second kappa shape index (κ2) is 11.2. The molecule has 10 nitrogen and oxygen atoms in total. The Morgan fingerprint density at radius 1 is 1.07 bits per heavy atom. The lowest BCUT2D eigenvalue weighted by Gasteiger charge is -2.36. The summed E-state index contributed by atoms with van der Waals surface area (Å²) in [6, 6.07) is 7.27. The van der Waals surface area contributed by atoms with Crippen LogP contribution in [-0.2, 0) is 9.47 Å². The molecule has 2 atom stereocenters. The highest BCUT2D eigenvalue weighted by Gasteiger charge is 2.36. The first-order valence-electron chi connectivity index (χ1n) is 14.5. The van der Waals surface area contributed by atoms with Crippen molar-refractivity contribution in [2.45, 2.75) is 90.4 Å². The molecule has 2 aliphatic rings. The lowest BCUT2D eigenvalue weighted by molar-refractivity contribution is 0.00170. The molecule has 1 saturated heterocycles. The number of rotatable bonds is 5. The molecule has 42 heavy (non-hydrogen) atoms. The Kier molecular flexibility index (Phi) is 7.91. The van der Waals surface area contributed by atoms with E-state index in [1.165, 1.54) is 23.1 Å². The van der Waals surface area contributed by atoms with Crippen molar-refractivity contribution >= 4 is 29.3 Å². The smallest absolute Gasteiger partial charge is 0.420 e. The van der Waals surface area contributed by atoms with Crippen LogP contribution in [0.15, 0.2) is 36.5 Å². The van der Waals surface area contributed by atoms with Crippen molar-refractivity contribution < 1.29 is 28.6 Å². The maximum Gasteiger partial charge on any atom is 0.420 e. The van der Waals surface area contributed by atoms with Crippen LogP contribution < -0.4 is 4.90 Å². The molecule has 1 saturated carbocycles. The second-order valence-corrected chi connectivity index (χ2v) is 13.2. The Bertz CT molecular complexity index is 1470. The van der Waals surface area contributed by atoms with Crippen molar-refractivity contribution in [1.29, 1.82) is 0 Å². The molecule has 226 valence electrons. The molecule has 1 unspecified atom stereocenters. The van der Waals surface area contributed by atoms with E-state index in [0.717, 1.165) is 18.4 Å². The lowest BCUT2D eigenvalue weighted by atomic mass is 9.90. The molecule has 0 spiro atoms. The molecule has 1 aromatic carbocycles. The maximum atomic E-state index is 14.4. The number of halogens is 1. The zero-order chi connectivity index (χ0) is 30.4. The molecule has 5 rings (SSSR count). The van der Waals surface area contributed by atoms with Crippen LogP contribution in [0.3, 0.4) is 0 Å². The first-order chi connectivity index (χ1) is 19.7. The monoisotopic (exact) mass is 581 g/mol. The van der Waals surface area contributed by atoms with E-state index in [9.17, 15) is 19.1 Å². The molecule has 2 amide bonds. The number of likely N-dealkylation sites (tertiary alicyclic amines) is 1. The number of carbonyl (C=O) groups is 2. The average molecular weight is 582 g/mol. The second-order valence-electron chi connectivity index (χ2n) is 13.2. The Morgan fingerprint density at radius 2 is 1.79 bits per heavy atom. The number of fused-ring (bicyclic) bond motifs is 1. The minimum Gasteiger partial charge on any atom is -0.444 e. The number of aliphatic hydroxyl groups is 1. The van der Waals surface area contributed by atoms with Gasteiger partial charge in [-0.05, 0) is 91.3 Å². The number of hydrogen-bond acceptors (Lipinski definition) is 7. The zero-order valence-electron chi connectivity index (χ0n) is 25.1. The summed E-state index contributed by atoms with van der Waals surface area (Å²) in [5.41, 5.74) is 0.568. The van der Waals surface area contributed by atoms with E-state index >= 15 is 0 Å². The summed E-state index contributed by atoms with van der Waals surface area (Å²) in [5.74, 6) is -0.280. The van der Waals surface area contributed by atoms with Gasteiger partial charge >= 0.3 is 12.2 Å². The predicted octanol–water partition coefficient (Wildman–Crippen LogP) is 6.50. The molecule has 11 heteroatoms. The zero-order valence-corrected chi connectivity index (χ0v) is 25.1. The highest BCUT2D eigenvalue weighted by molar-refractivity contribution is 5.95. The SMILES string of the molecule is CC(C)(C)OC(=O)N1CCC[C@H](C(O)c2cc(N(C(=O)OC(C)(C)C)c3cccc(F)c3)n3ncc(C4CC4)c3n2)C1. The van der Waals surface area contributed by atoms with Gasteiger partial charge in [-0.15, -0.1) is 0 Å². The van der Waals surface area contributed by atoms with Gasteiger partial charge in [-0.3, -0.25) is 0 Å². The van der Waals surface area contributed by atoms with Gasteiger partial charge in [0.15, 0.2) is 5.65 Å². The van der Waals surface area contributed by atoms with Gasteiger partial charge in [-0.2, -0.15) is 9.61 Å². The Hall–Kier alpha value is -3.73. The number of aliphatic hydroxyl groups excluding tert-OH is 1. The lowest BCUT2D eigenvalue weighted by Crippen LogP contribution is -2.44. The fraction of sp³-hybridized carbons (Fsp3) is 0.548. The summed E-state index contributed by atoms with van der Waals surface area (Å²) in [4.78, 5) is 34.2. The molecule has 1 aliphatic heterocycles. The van der Waals surface area contributed by atoms with Gasteiger partial charge in [-0.1, -0.05) is 6.07 Å². The number of benzene rings is 1. The molecular weight excluding hydrogens is 541 g/mol. The van der Waals surface area contributed by atoms with Crippen LogP contribution in [0.5, 0.6) is 0 Å². The summed E-state index contributed by atoms with van der Waals surface area (Å²) in [6.45, 7) is 11.6. The topological polar surface area (TPSA) is 110 Å². The average Bonchev–Trinajstić information content (AvgIpc) is 3.64. The van der Waals surface area contributed by atoms with Crippen LogP contribution in [0.1, 0.15) is 90.5 Å². The predicted molar refractivity (Wildman–Crippen MR) is 155 cm³/mol. The molecule has 2 fully saturated rings. The maximum absolute atomic E-state index is 14.4. The third-order valence-electron chi connectivity index (χ3n) is 7.25. The number of piperidine rings is 1. The van der Waals surface area contributed by atoms with Gasteiger partial charge in [0.1, 0.15) is 28.9 Å². The molecule has 1 N–H and O–H groups in total. The highest BCUT2D eigenvalue weighted by atomic mass is 19.1. The highest BCUT2D eigenvalue weighted by Crippen LogP contribution is 2.43. The van der Waals surface area contributed by atoms with Crippen LogP contribution in [0.2, 0.25) is 0 Å². The van der Waals surface area contributed by atoms with Gasteiger partial charge in [0.25, 0.3) is 0 Å². The van der Waals surface area contributed by atoms with Crippen LogP contribution in [0.4, 0.5) is 25.5 Å². The first-order valence-corrected chi connectivity index (χ1v) is 14.5. The van der Waals surface area contributed by atoms with Crippen molar-refractivity contribution in [1.82, 2.24) is 19.5 Å². The quantitative estimate of drug-likeness (QED) is 0.366. The van der Waals surface area contributed by atoms with E-state index < -0.39 is 35.3 Å². The fourth-order valence-electron chi connectivity index (χ4n) is 5.23. The van der Waals surface area contributed by atoms with E-state index in [1.807, 2.05) is 20.8 Å². The van der Waals surface area contributed by atoms with E-state index in [2.05, 4.69) is 5.10 Å². The summed E-state index contributed by atoms with van der Waals surface area (Å²) >= 11 is 0. The minimum atomic E-state index is -1.05. The molecule has 2 aromatic heterocycles. The van der Waals surface area contributed by atoms with Gasteiger partial charge in [-0.25, -0.2) is 23.9 Å². The standard InChI is InChI=1S/C31H40FN5O5/c1-30(2,3)41-28(39)35-14-8-9-20(18-35)26(38)24-16-25(37-27(34-24)23(17-33-37)19-12-13-19)36(29(40)42-31(4,5)6)22-11-7-10-21(32)15-22/h7,10-11,15-17,19-20,26,38H,8-9,12-14,18H2,1-6H3/t20-,26?/m0/s1. The summed E-state index contributed by atoms with van der Waals surface area (Å²) in [5, 5.41) is 16.3. The van der Waals surface area contributed by atoms with Crippen LogP contribution in [0.25, 0.3) is 5.65 Å². The van der Waals surface area contributed by atoms with Crippen LogP contribution in [0, 0.1) is 11.7 Å². The molecule has 0 radical (unpaired) electrons. The minimum absolute atomic E-state index is 0.245. The number of carbonyl (C=O) groups excluding carboxylic acids is 2. The van der Waals surface area contributed by atoms with Gasteiger partial charge in [0.2, 0.25) is 0 Å². The Balaban J connectivity index is 1.58. The number of aromatic nitrogens is 3. The van der Waals surface area contributed by atoms with Gasteiger partial charge in [0.05, 0.1) is 17.6 Å². The molecular formula is C31H40FN5O5. The third-order valence-corrected chi connectivity index (χ3v) is 7.25. The van der Waals surface area contributed by atoms with Crippen LogP contribution in [-0.4, -0.2) is 61.1 Å². The molecule has 1 aliphatic carbocycles. The van der Waals surface area contributed by atoms with E-state index in [-0.39, 0.29) is 23.3 Å². The number of amides is 2. The number of ether oxygens (including phenoxy) is 2. The van der Waals surface area contributed by atoms with E-state index in [0.29, 0.717) is 37.3 Å². The van der Waals surface area contributed by atoms with Crippen LogP contribution >= 0.6 is 0 Å². The largest absolute Gasteiger partial charge is 0.444 e. The number of anilines is 2. The normalized spacial score (nSPS) is 18.6. The Labute approximate surface area is 245 Å². The summed E-state index contributed by atoms with van der Waals surface area (Å²) in [7, 11) is 0. The van der Waals surface area contributed by atoms with Crippen molar-refractivity contribution in [3.8, 4) is 0 Å². The summed E-state index contributed by atoms with van der Waals surface area (Å²) in [6.07, 6.45) is 2.92. The number of hydrogen-bond donors (Lipinski definition) is 1. The van der Waals surface area contributed by atoms with Crippen molar-refractivity contribution in [2.24, 2.45) is 5.92 Å². The van der Waals surface area contributed by atoms with Crippen molar-refractivity contribution in [3.63, 3.8) is 0 Å². The van der Waals surface area contributed by atoms with Gasteiger partial charge in [0, 0.05) is 30.6 Å². The fourth-order valence-corrected chi connectivity index (χ4v) is 5.23. The van der Waals surface area contributed by atoms with E-state index in [4.69, 9.17) is 14.5 Å². The molecule has 0 bridgehead atoms. The van der Waals surface area contributed by atoms with Crippen molar-refractivity contribution in [3.05, 3.63) is 53.6 Å². The third kappa shape index (κ3) is 6.67. The molecule has 3 heterocycles. The molecule has 3 aromatic rings. The number of nitrogens with zero attached hydrogens (tertiary/aromatic N) is 5. The van der Waals surface area contributed by atoms with Crippen molar-refractivity contribution in [2.75, 3.05) is 18.0 Å². The Morgan fingerprint density at radius 3 is 2.43 bits per heavy atom. The van der Waals surface area contributed by atoms with Gasteiger partial charge < -0.3 is 19.5 Å². The van der Waals surface area contributed by atoms with E-state index in [1.54, 1.807) is 48.5 Å². The summed E-state index contributed by atoms with van der Waals surface area (Å²) < 4.78 is 27.3.